The van der Waals surface area contributed by atoms with Crippen molar-refractivity contribution in [2.24, 2.45) is 7.05 Å². The van der Waals surface area contributed by atoms with Gasteiger partial charge in [0.1, 0.15) is 5.82 Å². The molecule has 136 valence electrons. The van der Waals surface area contributed by atoms with Gasteiger partial charge in [0.25, 0.3) is 0 Å². The van der Waals surface area contributed by atoms with Crippen LogP contribution in [0.4, 0.5) is 17.5 Å². The topological polar surface area (TPSA) is 82.3 Å². The first-order valence-electron chi connectivity index (χ1n) is 8.85. The summed E-state index contributed by atoms with van der Waals surface area (Å²) < 4.78 is 1.75. The molecule has 2 aromatic heterocycles. The predicted molar refractivity (Wildman–Crippen MR) is 103 cm³/mol. The van der Waals surface area contributed by atoms with Crippen molar-refractivity contribution in [3.05, 3.63) is 36.5 Å². The molecule has 0 spiro atoms. The summed E-state index contributed by atoms with van der Waals surface area (Å²) in [6.07, 6.45) is 1.76. The molecule has 0 aliphatic carbocycles. The molecule has 0 unspecified atom stereocenters. The van der Waals surface area contributed by atoms with Gasteiger partial charge in [-0.1, -0.05) is 18.2 Å². The summed E-state index contributed by atoms with van der Waals surface area (Å²) in [6.45, 7) is 4.07. The van der Waals surface area contributed by atoms with Crippen LogP contribution in [0.15, 0.2) is 36.5 Å². The van der Waals surface area contributed by atoms with Crippen molar-refractivity contribution in [3.63, 3.8) is 0 Å². The minimum Gasteiger partial charge on any atom is -0.395 e. The van der Waals surface area contributed by atoms with Gasteiger partial charge in [-0.05, 0) is 12.1 Å². The van der Waals surface area contributed by atoms with Gasteiger partial charge >= 0.3 is 0 Å². The second-order valence-corrected chi connectivity index (χ2v) is 6.34. The Morgan fingerprint density at radius 3 is 2.50 bits per heavy atom. The molecule has 0 radical (unpaired) electrons. The lowest BCUT2D eigenvalue weighted by atomic mass is 10.2. The molecule has 8 nitrogen and oxygen atoms in total. The van der Waals surface area contributed by atoms with Crippen LogP contribution in [0.1, 0.15) is 0 Å². The lowest BCUT2D eigenvalue weighted by Crippen LogP contribution is -2.47. The zero-order valence-corrected chi connectivity index (χ0v) is 14.8. The quantitative estimate of drug-likeness (QED) is 0.711. The van der Waals surface area contributed by atoms with Gasteiger partial charge in [-0.15, -0.1) is 0 Å². The molecule has 26 heavy (non-hydrogen) atoms. The lowest BCUT2D eigenvalue weighted by Gasteiger charge is -2.36. The van der Waals surface area contributed by atoms with Crippen LogP contribution in [0, 0.1) is 0 Å². The number of anilines is 3. The fourth-order valence-corrected chi connectivity index (χ4v) is 3.26. The molecular formula is C18H23N7O. The Morgan fingerprint density at radius 1 is 1.04 bits per heavy atom. The van der Waals surface area contributed by atoms with E-state index in [4.69, 9.17) is 15.1 Å². The summed E-state index contributed by atoms with van der Waals surface area (Å²) >= 11 is 0. The number of hydrogen-bond donors (Lipinski definition) is 2. The summed E-state index contributed by atoms with van der Waals surface area (Å²) in [5.41, 5.74) is 2.04. The fourth-order valence-electron chi connectivity index (χ4n) is 3.26. The first kappa shape index (κ1) is 16.6. The molecule has 4 rings (SSSR count). The molecule has 0 saturated carbocycles. The first-order chi connectivity index (χ1) is 12.8. The van der Waals surface area contributed by atoms with E-state index in [0.717, 1.165) is 43.0 Å². The number of nitrogens with zero attached hydrogens (tertiary/aromatic N) is 6. The Bertz CT molecular complexity index is 872. The maximum Gasteiger partial charge on any atom is 0.229 e. The number of aliphatic hydroxyl groups excluding tert-OH is 1. The van der Waals surface area contributed by atoms with E-state index in [1.165, 1.54) is 5.69 Å². The van der Waals surface area contributed by atoms with Crippen LogP contribution >= 0.6 is 0 Å². The zero-order chi connectivity index (χ0) is 17.9. The Balaban J connectivity index is 1.56. The second kappa shape index (κ2) is 7.17. The van der Waals surface area contributed by atoms with Gasteiger partial charge in [0.2, 0.25) is 5.95 Å². The molecule has 1 aromatic carbocycles. The number of benzene rings is 1. The van der Waals surface area contributed by atoms with Crippen molar-refractivity contribution in [1.82, 2.24) is 19.7 Å². The van der Waals surface area contributed by atoms with Gasteiger partial charge in [0.15, 0.2) is 5.65 Å². The third-order valence-corrected chi connectivity index (χ3v) is 4.67. The standard InChI is InChI=1S/C18H23N7O/c1-23-17-15(13-20-23)16(19-7-12-26)21-18(22-17)25-10-8-24(9-11-25)14-5-3-2-4-6-14/h2-6,13,26H,7-12H2,1H3,(H,19,21,22). The molecule has 3 aromatic rings. The lowest BCUT2D eigenvalue weighted by molar-refractivity contribution is 0.311. The fraction of sp³-hybridized carbons (Fsp3) is 0.389. The Hall–Kier alpha value is -2.87. The van der Waals surface area contributed by atoms with Crippen molar-refractivity contribution in [1.29, 1.82) is 0 Å². The molecule has 1 aliphatic heterocycles. The van der Waals surface area contributed by atoms with Gasteiger partial charge in [0.05, 0.1) is 18.2 Å². The van der Waals surface area contributed by atoms with Crippen molar-refractivity contribution in [2.75, 3.05) is 54.4 Å². The third kappa shape index (κ3) is 3.15. The Kier molecular flexibility index (Phi) is 4.57. The van der Waals surface area contributed by atoms with Crippen LogP contribution in [0.2, 0.25) is 0 Å². The molecule has 8 heteroatoms. The van der Waals surface area contributed by atoms with Crippen molar-refractivity contribution >= 4 is 28.5 Å². The molecule has 2 N–H and O–H groups in total. The van der Waals surface area contributed by atoms with E-state index in [9.17, 15) is 0 Å². The van der Waals surface area contributed by atoms with E-state index >= 15 is 0 Å². The van der Waals surface area contributed by atoms with Gasteiger partial charge in [-0.2, -0.15) is 15.1 Å². The summed E-state index contributed by atoms with van der Waals surface area (Å²) in [5, 5.41) is 17.4. The van der Waals surface area contributed by atoms with E-state index in [1.54, 1.807) is 10.9 Å². The Morgan fingerprint density at radius 2 is 1.77 bits per heavy atom. The van der Waals surface area contributed by atoms with Crippen LogP contribution in [0.3, 0.4) is 0 Å². The van der Waals surface area contributed by atoms with Crippen LogP contribution in [0.5, 0.6) is 0 Å². The average molecular weight is 353 g/mol. The normalized spacial score (nSPS) is 14.8. The molecule has 1 aliphatic rings. The van der Waals surface area contributed by atoms with E-state index in [-0.39, 0.29) is 6.61 Å². The maximum absolute atomic E-state index is 9.12. The van der Waals surface area contributed by atoms with Crippen LogP contribution in [0.25, 0.3) is 11.0 Å². The highest BCUT2D eigenvalue weighted by Crippen LogP contribution is 2.24. The molecule has 1 fully saturated rings. The molecular weight excluding hydrogens is 330 g/mol. The summed E-state index contributed by atoms with van der Waals surface area (Å²) in [6, 6.07) is 10.5. The maximum atomic E-state index is 9.12. The van der Waals surface area contributed by atoms with Gasteiger partial charge in [-0.3, -0.25) is 4.68 Å². The van der Waals surface area contributed by atoms with Crippen molar-refractivity contribution < 1.29 is 5.11 Å². The van der Waals surface area contributed by atoms with Crippen molar-refractivity contribution in [3.8, 4) is 0 Å². The van der Waals surface area contributed by atoms with E-state index in [2.05, 4.69) is 44.5 Å². The van der Waals surface area contributed by atoms with Gasteiger partial charge < -0.3 is 20.2 Å². The first-order valence-corrected chi connectivity index (χ1v) is 8.85. The summed E-state index contributed by atoms with van der Waals surface area (Å²) in [4.78, 5) is 14.0. The average Bonchev–Trinajstić information content (AvgIpc) is 3.08. The largest absolute Gasteiger partial charge is 0.395 e. The third-order valence-electron chi connectivity index (χ3n) is 4.67. The molecule has 0 amide bonds. The predicted octanol–water partition coefficient (Wildman–Crippen LogP) is 1.09. The molecule has 0 atom stereocenters. The van der Waals surface area contributed by atoms with Crippen LogP contribution in [-0.4, -0.2) is 64.2 Å². The minimum atomic E-state index is 0.0524. The smallest absolute Gasteiger partial charge is 0.229 e. The Labute approximate surface area is 152 Å². The number of fused-ring (bicyclic) bond motifs is 1. The zero-order valence-electron chi connectivity index (χ0n) is 14.8. The second-order valence-electron chi connectivity index (χ2n) is 6.34. The highest BCUT2D eigenvalue weighted by atomic mass is 16.3. The highest BCUT2D eigenvalue weighted by Gasteiger charge is 2.21. The van der Waals surface area contributed by atoms with Gasteiger partial charge in [-0.25, -0.2) is 0 Å². The summed E-state index contributed by atoms with van der Waals surface area (Å²) in [7, 11) is 1.88. The number of para-hydroxylation sites is 1. The number of aliphatic hydroxyl groups is 1. The number of aromatic nitrogens is 4. The molecule has 0 bridgehead atoms. The van der Waals surface area contributed by atoms with E-state index < -0.39 is 0 Å². The number of piperazine rings is 1. The highest BCUT2D eigenvalue weighted by molar-refractivity contribution is 5.87. The monoisotopic (exact) mass is 353 g/mol. The molecule has 1 saturated heterocycles. The van der Waals surface area contributed by atoms with E-state index in [1.807, 2.05) is 13.1 Å². The summed E-state index contributed by atoms with van der Waals surface area (Å²) in [5.74, 6) is 1.42. The van der Waals surface area contributed by atoms with Crippen molar-refractivity contribution in [2.45, 2.75) is 0 Å². The number of aryl methyl sites for hydroxylation is 1. The number of rotatable bonds is 5. The van der Waals surface area contributed by atoms with Crippen LogP contribution in [-0.2, 0) is 7.05 Å². The van der Waals surface area contributed by atoms with Gasteiger partial charge in [0, 0.05) is 45.5 Å². The number of hydrogen-bond acceptors (Lipinski definition) is 7. The number of nitrogens with one attached hydrogen (secondary N) is 1. The van der Waals surface area contributed by atoms with Crippen LogP contribution < -0.4 is 15.1 Å². The SMILES string of the molecule is Cn1ncc2c(NCCO)nc(N3CCN(c4ccccc4)CC3)nc21. The van der Waals surface area contributed by atoms with E-state index in [0.29, 0.717) is 12.5 Å². The minimum absolute atomic E-state index is 0.0524. The molecule has 3 heterocycles.